The summed E-state index contributed by atoms with van der Waals surface area (Å²) in [6.07, 6.45) is 0. The maximum absolute atomic E-state index is 12.7. The Morgan fingerprint density at radius 1 is 1.23 bits per heavy atom. The Bertz CT molecular complexity index is 331. The second-order valence-corrected chi connectivity index (χ2v) is 2.12. The lowest BCUT2D eigenvalue weighted by Crippen LogP contribution is -2.07. The number of ether oxygens (including phenoxy) is 1. The van der Waals surface area contributed by atoms with E-state index in [-0.39, 0.29) is 0 Å². The molecule has 0 spiro atoms. The molecule has 0 aliphatic carbocycles. The van der Waals surface area contributed by atoms with Gasteiger partial charge in [-0.2, -0.15) is 0 Å². The molecular formula is C7H2BF3O2. The van der Waals surface area contributed by atoms with Crippen LogP contribution in [0.4, 0.5) is 18.0 Å². The van der Waals surface area contributed by atoms with E-state index in [4.69, 9.17) is 0 Å². The van der Waals surface area contributed by atoms with Crippen LogP contribution in [0, 0.1) is 17.5 Å². The first-order valence-electron chi connectivity index (χ1n) is 3.12. The Balaban J connectivity index is 3.13. The quantitative estimate of drug-likeness (QED) is 0.624. The highest BCUT2D eigenvalue weighted by molar-refractivity contribution is 6.55. The summed E-state index contributed by atoms with van der Waals surface area (Å²) >= 11 is 0. The van der Waals surface area contributed by atoms with Crippen LogP contribution in [0.3, 0.4) is 0 Å². The molecule has 0 bridgehead atoms. The zero-order valence-electron chi connectivity index (χ0n) is 6.18. The maximum atomic E-state index is 12.7. The molecule has 2 radical (unpaired) electrons. The number of hydrogen-bond acceptors (Lipinski definition) is 2. The standard InChI is InChI=1S/C7H2BF3O2/c8-7(12)13-6-4(10)1-3(9)2-5(6)11/h1-2H. The Morgan fingerprint density at radius 3 is 2.08 bits per heavy atom. The molecule has 0 fully saturated rings. The van der Waals surface area contributed by atoms with Crippen molar-refractivity contribution < 1.29 is 22.7 Å². The third-order valence-electron chi connectivity index (χ3n) is 1.17. The molecule has 1 rings (SSSR count). The van der Waals surface area contributed by atoms with Gasteiger partial charge in [-0.25, -0.2) is 13.2 Å². The van der Waals surface area contributed by atoms with Crippen LogP contribution in [0.5, 0.6) is 5.75 Å². The minimum atomic E-state index is -1.37. The van der Waals surface area contributed by atoms with Crippen molar-refractivity contribution in [1.29, 1.82) is 0 Å². The Labute approximate surface area is 72.7 Å². The van der Waals surface area contributed by atoms with E-state index >= 15 is 0 Å². The fourth-order valence-electron chi connectivity index (χ4n) is 0.727. The van der Waals surface area contributed by atoms with Gasteiger partial charge in [-0.3, -0.25) is 4.79 Å². The Morgan fingerprint density at radius 2 is 1.69 bits per heavy atom. The molecule has 0 aliphatic heterocycles. The zero-order valence-corrected chi connectivity index (χ0v) is 6.18. The molecule has 0 heterocycles. The molecule has 0 N–H and O–H groups in total. The monoisotopic (exact) mass is 186 g/mol. The highest BCUT2D eigenvalue weighted by atomic mass is 19.1. The summed E-state index contributed by atoms with van der Waals surface area (Å²) in [5.74, 6) is -6.13. The smallest absolute Gasteiger partial charge is 0.241 e. The number of rotatable bonds is 1. The average molecular weight is 186 g/mol. The molecule has 0 atom stereocenters. The summed E-state index contributed by atoms with van der Waals surface area (Å²) in [5.41, 5.74) is 0. The van der Waals surface area contributed by atoms with Gasteiger partial charge in [0.15, 0.2) is 11.6 Å². The van der Waals surface area contributed by atoms with Crippen LogP contribution in [0.25, 0.3) is 0 Å². The maximum Gasteiger partial charge on any atom is 0.241 e. The predicted octanol–water partition coefficient (Wildman–Crippen LogP) is 1.77. The van der Waals surface area contributed by atoms with E-state index in [1.165, 1.54) is 0 Å². The zero-order chi connectivity index (χ0) is 10.0. The van der Waals surface area contributed by atoms with Crippen LogP contribution >= 0.6 is 0 Å². The number of carbonyl (C=O) groups excluding carboxylic acids is 1. The summed E-state index contributed by atoms with van der Waals surface area (Å²) in [6.45, 7) is 0. The van der Waals surface area contributed by atoms with E-state index < -0.39 is 29.1 Å². The van der Waals surface area contributed by atoms with Crippen LogP contribution in [-0.4, -0.2) is 13.7 Å². The van der Waals surface area contributed by atoms with Crippen LogP contribution in [-0.2, 0) is 0 Å². The minimum Gasteiger partial charge on any atom is -0.429 e. The largest absolute Gasteiger partial charge is 0.429 e. The lowest BCUT2D eigenvalue weighted by Gasteiger charge is -2.03. The average Bonchev–Trinajstić information content (AvgIpc) is 1.96. The first kappa shape index (κ1) is 9.63. The summed E-state index contributed by atoms with van der Waals surface area (Å²) in [6, 6.07) is 0.753. The molecule has 1 aromatic rings. The molecule has 66 valence electrons. The van der Waals surface area contributed by atoms with E-state index in [1.54, 1.807) is 0 Å². The summed E-state index contributed by atoms with van der Waals surface area (Å²) < 4.78 is 41.6. The second kappa shape index (κ2) is 3.51. The third-order valence-corrected chi connectivity index (χ3v) is 1.17. The molecule has 0 saturated heterocycles. The summed E-state index contributed by atoms with van der Waals surface area (Å²) in [4.78, 5) is 10.1. The van der Waals surface area contributed by atoms with Gasteiger partial charge >= 0.3 is 0 Å². The van der Waals surface area contributed by atoms with Gasteiger partial charge in [-0.1, -0.05) is 0 Å². The van der Waals surface area contributed by atoms with Crippen LogP contribution < -0.4 is 4.74 Å². The molecule has 0 saturated carbocycles. The van der Waals surface area contributed by atoms with Crippen molar-refractivity contribution in [3.63, 3.8) is 0 Å². The van der Waals surface area contributed by atoms with Crippen LogP contribution in [0.2, 0.25) is 0 Å². The normalized spacial score (nSPS) is 9.77. The molecule has 0 amide bonds. The van der Waals surface area contributed by atoms with Crippen molar-refractivity contribution in [2.24, 2.45) is 0 Å². The molecule has 0 aromatic heterocycles. The number of halogens is 3. The molecule has 0 unspecified atom stereocenters. The number of hydrogen-bond donors (Lipinski definition) is 0. The van der Waals surface area contributed by atoms with Gasteiger partial charge in [0, 0.05) is 12.1 Å². The summed E-state index contributed by atoms with van der Waals surface area (Å²) in [7, 11) is 4.51. The van der Waals surface area contributed by atoms with Crippen molar-refractivity contribution in [3.8, 4) is 5.75 Å². The van der Waals surface area contributed by atoms with Crippen molar-refractivity contribution in [2.45, 2.75) is 0 Å². The fourth-order valence-corrected chi connectivity index (χ4v) is 0.727. The van der Waals surface area contributed by atoms with Gasteiger partial charge in [-0.05, 0) is 0 Å². The molecule has 0 aliphatic rings. The van der Waals surface area contributed by atoms with Crippen LogP contribution in [0.1, 0.15) is 0 Å². The fraction of sp³-hybridized carbons (Fsp3) is 0. The highest BCUT2D eigenvalue weighted by Crippen LogP contribution is 2.22. The molecule has 6 heteroatoms. The Hall–Kier alpha value is -1.46. The lowest BCUT2D eigenvalue weighted by atomic mass is 10.2. The van der Waals surface area contributed by atoms with Gasteiger partial charge in [0.05, 0.1) is 0 Å². The predicted molar refractivity (Wildman–Crippen MR) is 38.1 cm³/mol. The van der Waals surface area contributed by atoms with Gasteiger partial charge < -0.3 is 4.74 Å². The molecular weight excluding hydrogens is 184 g/mol. The molecule has 13 heavy (non-hydrogen) atoms. The van der Waals surface area contributed by atoms with E-state index in [1.807, 2.05) is 0 Å². The van der Waals surface area contributed by atoms with Crippen molar-refractivity contribution >= 4 is 13.7 Å². The minimum absolute atomic E-state index is 0.376. The highest BCUT2D eigenvalue weighted by Gasteiger charge is 2.13. The molecule has 1 aromatic carbocycles. The van der Waals surface area contributed by atoms with E-state index in [9.17, 15) is 18.0 Å². The lowest BCUT2D eigenvalue weighted by molar-refractivity contribution is 0.221. The number of benzene rings is 1. The van der Waals surface area contributed by atoms with E-state index in [2.05, 4.69) is 12.6 Å². The van der Waals surface area contributed by atoms with Crippen molar-refractivity contribution in [2.75, 3.05) is 0 Å². The second-order valence-electron chi connectivity index (χ2n) is 2.12. The van der Waals surface area contributed by atoms with E-state index in [0.29, 0.717) is 12.1 Å². The summed E-state index contributed by atoms with van der Waals surface area (Å²) in [5, 5.41) is 0. The van der Waals surface area contributed by atoms with Crippen molar-refractivity contribution in [3.05, 3.63) is 29.6 Å². The molecule has 2 nitrogen and oxygen atoms in total. The van der Waals surface area contributed by atoms with Crippen LogP contribution in [0.15, 0.2) is 12.1 Å². The Kier molecular flexibility index (Phi) is 2.60. The van der Waals surface area contributed by atoms with Gasteiger partial charge in [0.25, 0.3) is 0 Å². The van der Waals surface area contributed by atoms with E-state index in [0.717, 1.165) is 0 Å². The first-order valence-corrected chi connectivity index (χ1v) is 3.12. The topological polar surface area (TPSA) is 26.3 Å². The third kappa shape index (κ3) is 2.24. The van der Waals surface area contributed by atoms with Gasteiger partial charge in [-0.15, -0.1) is 0 Å². The SMILES string of the molecule is [B]C(=O)Oc1c(F)cc(F)cc1F. The van der Waals surface area contributed by atoms with Gasteiger partial charge in [0.2, 0.25) is 19.5 Å². The first-order chi connectivity index (χ1) is 6.00. The van der Waals surface area contributed by atoms with Crippen molar-refractivity contribution in [1.82, 2.24) is 0 Å². The number of carbonyl (C=O) groups is 1. The van der Waals surface area contributed by atoms with Gasteiger partial charge in [0.1, 0.15) is 5.82 Å².